The number of carbonyl (C=O) groups excluding carboxylic acids is 1. The third-order valence-corrected chi connectivity index (χ3v) is 6.61. The van der Waals surface area contributed by atoms with Crippen LogP contribution in [0.5, 0.6) is 0 Å². The van der Waals surface area contributed by atoms with Crippen LogP contribution in [-0.4, -0.2) is 68.1 Å². The molecule has 4 aromatic rings. The average Bonchev–Trinajstić information content (AvgIpc) is 3.39. The minimum absolute atomic E-state index is 0.00193. The molecule has 1 aliphatic rings. The molecule has 1 amide bonds. The first kappa shape index (κ1) is 22.3. The van der Waals surface area contributed by atoms with Gasteiger partial charge in [0, 0.05) is 62.1 Å². The molecular formula is C26H30N6O2. The van der Waals surface area contributed by atoms with Crippen LogP contribution in [0.4, 0.5) is 5.69 Å². The van der Waals surface area contributed by atoms with E-state index in [9.17, 15) is 9.90 Å². The first-order valence-corrected chi connectivity index (χ1v) is 11.7. The van der Waals surface area contributed by atoms with Gasteiger partial charge in [-0.25, -0.2) is 4.98 Å². The van der Waals surface area contributed by atoms with E-state index in [1.54, 1.807) is 18.1 Å². The van der Waals surface area contributed by atoms with Gasteiger partial charge in [0.2, 0.25) is 5.91 Å². The van der Waals surface area contributed by atoms with E-state index in [0.29, 0.717) is 38.9 Å². The Labute approximate surface area is 198 Å². The summed E-state index contributed by atoms with van der Waals surface area (Å²) in [5.74, 6) is 0.805. The van der Waals surface area contributed by atoms with E-state index < -0.39 is 5.60 Å². The summed E-state index contributed by atoms with van der Waals surface area (Å²) in [5, 5.41) is 12.3. The Hall–Kier alpha value is -3.52. The predicted octanol–water partition coefficient (Wildman–Crippen LogP) is 3.16. The van der Waals surface area contributed by atoms with Crippen LogP contribution in [0.15, 0.2) is 42.7 Å². The van der Waals surface area contributed by atoms with Gasteiger partial charge in [0.15, 0.2) is 0 Å². The van der Waals surface area contributed by atoms with Crippen LogP contribution >= 0.6 is 0 Å². The zero-order valence-corrected chi connectivity index (χ0v) is 19.9. The number of rotatable bonds is 6. The number of β-amino-alcohol motifs (C(OH)–C–C–N with tert-alkyl or cyclic N) is 1. The van der Waals surface area contributed by atoms with Gasteiger partial charge in [0.05, 0.1) is 23.1 Å². The molecule has 34 heavy (non-hydrogen) atoms. The fraction of sp³-hybridized carbons (Fsp3) is 0.385. The molecule has 8 heteroatoms. The normalized spacial score (nSPS) is 18.2. The topological polar surface area (TPSA) is 98.2 Å². The number of pyridine rings is 2. The molecule has 3 aromatic heterocycles. The van der Waals surface area contributed by atoms with Gasteiger partial charge in [-0.1, -0.05) is 6.07 Å². The zero-order valence-electron chi connectivity index (χ0n) is 19.9. The minimum atomic E-state index is -0.965. The summed E-state index contributed by atoms with van der Waals surface area (Å²) in [6.45, 7) is 5.48. The lowest BCUT2D eigenvalue weighted by atomic mass is 10.0. The number of imidazole rings is 1. The number of H-pyrrole nitrogens is 1. The van der Waals surface area contributed by atoms with E-state index in [1.165, 1.54) is 5.56 Å². The Bertz CT molecular complexity index is 1370. The summed E-state index contributed by atoms with van der Waals surface area (Å²) in [7, 11) is 1.76. The third-order valence-electron chi connectivity index (χ3n) is 6.61. The van der Waals surface area contributed by atoms with Crippen molar-refractivity contribution >= 4 is 33.5 Å². The van der Waals surface area contributed by atoms with Crippen molar-refractivity contribution in [1.82, 2.24) is 24.8 Å². The second-order valence-electron chi connectivity index (χ2n) is 9.53. The summed E-state index contributed by atoms with van der Waals surface area (Å²) >= 11 is 0. The van der Waals surface area contributed by atoms with Gasteiger partial charge in [0.25, 0.3) is 0 Å². The minimum Gasteiger partial charge on any atom is -0.386 e. The molecular weight excluding hydrogens is 428 g/mol. The number of carbonyl (C=O) groups is 1. The molecule has 1 atom stereocenters. The number of fused-ring (bicyclic) bond motifs is 2. The van der Waals surface area contributed by atoms with Gasteiger partial charge < -0.3 is 19.9 Å². The average molecular weight is 459 g/mol. The summed E-state index contributed by atoms with van der Waals surface area (Å²) < 4.78 is 0. The molecule has 0 saturated carbocycles. The SMILES string of the molecule is Cc1ccc2nc(CCC(=O)N(C)CC3(O)CCN(c4cc(C)nc5ccncc45)C3)[nH]c2c1. The maximum Gasteiger partial charge on any atom is 0.222 e. The number of benzene rings is 1. The predicted molar refractivity (Wildman–Crippen MR) is 133 cm³/mol. The Kier molecular flexibility index (Phi) is 5.69. The van der Waals surface area contributed by atoms with Gasteiger partial charge in [-0.15, -0.1) is 0 Å². The molecule has 2 N–H and O–H groups in total. The molecule has 0 aliphatic carbocycles. The maximum atomic E-state index is 12.8. The van der Waals surface area contributed by atoms with Crippen LogP contribution in [0.2, 0.25) is 0 Å². The number of amides is 1. The molecule has 1 saturated heterocycles. The smallest absolute Gasteiger partial charge is 0.222 e. The van der Waals surface area contributed by atoms with Crippen molar-refractivity contribution in [2.45, 2.75) is 38.7 Å². The van der Waals surface area contributed by atoms with Crippen LogP contribution in [0.3, 0.4) is 0 Å². The largest absolute Gasteiger partial charge is 0.386 e. The lowest BCUT2D eigenvalue weighted by Gasteiger charge is -2.29. The Morgan fingerprint density at radius 3 is 2.91 bits per heavy atom. The summed E-state index contributed by atoms with van der Waals surface area (Å²) in [6, 6.07) is 10.0. The summed E-state index contributed by atoms with van der Waals surface area (Å²) in [6.07, 6.45) is 5.04. The van der Waals surface area contributed by atoms with Gasteiger partial charge in [-0.05, 0) is 50.1 Å². The fourth-order valence-electron chi connectivity index (χ4n) is 4.87. The van der Waals surface area contributed by atoms with E-state index >= 15 is 0 Å². The number of likely N-dealkylation sites (N-methyl/N-ethyl adjacent to an activating group) is 1. The molecule has 8 nitrogen and oxygen atoms in total. The van der Waals surface area contributed by atoms with Crippen molar-refractivity contribution in [3.05, 3.63) is 59.8 Å². The van der Waals surface area contributed by atoms with Crippen LogP contribution in [0.25, 0.3) is 21.9 Å². The lowest BCUT2D eigenvalue weighted by Crippen LogP contribution is -2.46. The molecule has 0 bridgehead atoms. The number of aromatic amines is 1. The summed E-state index contributed by atoms with van der Waals surface area (Å²) in [5.41, 5.74) is 4.96. The molecule has 0 radical (unpaired) electrons. The van der Waals surface area contributed by atoms with E-state index in [1.807, 2.05) is 44.3 Å². The number of hydrogen-bond acceptors (Lipinski definition) is 6. The molecule has 4 heterocycles. The van der Waals surface area contributed by atoms with Crippen molar-refractivity contribution in [2.75, 3.05) is 31.6 Å². The number of aliphatic hydroxyl groups is 1. The highest BCUT2D eigenvalue weighted by Gasteiger charge is 2.38. The zero-order chi connectivity index (χ0) is 23.9. The molecule has 176 valence electrons. The van der Waals surface area contributed by atoms with Gasteiger partial charge >= 0.3 is 0 Å². The number of nitrogens with one attached hydrogen (secondary N) is 1. The van der Waals surface area contributed by atoms with Crippen molar-refractivity contribution < 1.29 is 9.90 Å². The second kappa shape index (κ2) is 8.68. The van der Waals surface area contributed by atoms with Crippen LogP contribution in [0, 0.1) is 13.8 Å². The molecule has 5 rings (SSSR count). The third kappa shape index (κ3) is 4.46. The van der Waals surface area contributed by atoms with Crippen molar-refractivity contribution in [1.29, 1.82) is 0 Å². The molecule has 0 spiro atoms. The molecule has 1 aromatic carbocycles. The highest BCUT2D eigenvalue weighted by Crippen LogP contribution is 2.32. The Balaban J connectivity index is 1.22. The van der Waals surface area contributed by atoms with E-state index in [-0.39, 0.29) is 5.91 Å². The van der Waals surface area contributed by atoms with Gasteiger partial charge in [-0.2, -0.15) is 0 Å². The standard InChI is InChI=1S/C26H30N6O2/c1-17-4-5-21-22(12-17)30-24(29-21)6-7-25(33)31(3)15-26(34)9-11-32(16-26)23-13-18(2)28-20-8-10-27-14-19(20)23/h4-5,8,10,12-14,34H,6-7,9,11,15-16H2,1-3H3,(H,29,30). The number of hydrogen-bond donors (Lipinski definition) is 2. The molecule has 1 aliphatic heterocycles. The number of nitrogens with zero attached hydrogens (tertiary/aromatic N) is 5. The number of aromatic nitrogens is 4. The Morgan fingerprint density at radius 2 is 2.06 bits per heavy atom. The maximum absolute atomic E-state index is 12.8. The van der Waals surface area contributed by atoms with E-state index in [4.69, 9.17) is 0 Å². The van der Waals surface area contributed by atoms with Crippen molar-refractivity contribution in [3.8, 4) is 0 Å². The van der Waals surface area contributed by atoms with Crippen LogP contribution < -0.4 is 4.90 Å². The van der Waals surface area contributed by atoms with E-state index in [2.05, 4.69) is 30.9 Å². The first-order chi connectivity index (χ1) is 16.3. The lowest BCUT2D eigenvalue weighted by molar-refractivity contribution is -0.132. The number of aryl methyl sites for hydroxylation is 3. The van der Waals surface area contributed by atoms with Crippen molar-refractivity contribution in [3.63, 3.8) is 0 Å². The van der Waals surface area contributed by atoms with Gasteiger partial charge in [0.1, 0.15) is 11.4 Å². The highest BCUT2D eigenvalue weighted by molar-refractivity contribution is 5.91. The summed E-state index contributed by atoms with van der Waals surface area (Å²) in [4.78, 5) is 33.4. The van der Waals surface area contributed by atoms with Gasteiger partial charge in [-0.3, -0.25) is 14.8 Å². The highest BCUT2D eigenvalue weighted by atomic mass is 16.3. The van der Waals surface area contributed by atoms with Crippen LogP contribution in [-0.2, 0) is 11.2 Å². The van der Waals surface area contributed by atoms with E-state index in [0.717, 1.165) is 39.1 Å². The molecule has 1 fully saturated rings. The number of anilines is 1. The molecule has 1 unspecified atom stereocenters. The monoisotopic (exact) mass is 458 g/mol. The first-order valence-electron chi connectivity index (χ1n) is 11.7. The quantitative estimate of drug-likeness (QED) is 0.461. The fourth-order valence-corrected chi connectivity index (χ4v) is 4.87. The second-order valence-corrected chi connectivity index (χ2v) is 9.53. The Morgan fingerprint density at radius 1 is 1.21 bits per heavy atom. The van der Waals surface area contributed by atoms with Crippen LogP contribution in [0.1, 0.15) is 29.9 Å². The van der Waals surface area contributed by atoms with Crippen molar-refractivity contribution in [2.24, 2.45) is 0 Å².